The number of carbonyl (C=O) groups excluding carboxylic acids is 1. The first kappa shape index (κ1) is 18.6. The molecule has 1 amide bonds. The van der Waals surface area contributed by atoms with Gasteiger partial charge in [0.1, 0.15) is 5.75 Å². The molecule has 2 atom stereocenters. The van der Waals surface area contributed by atoms with E-state index in [4.69, 9.17) is 4.74 Å². The van der Waals surface area contributed by atoms with E-state index >= 15 is 0 Å². The van der Waals surface area contributed by atoms with E-state index in [-0.39, 0.29) is 30.0 Å². The number of aliphatic hydroxyl groups excluding tert-OH is 1. The summed E-state index contributed by atoms with van der Waals surface area (Å²) in [6.07, 6.45) is 2.08. The molecule has 0 bridgehead atoms. The summed E-state index contributed by atoms with van der Waals surface area (Å²) in [7, 11) is 1.68. The zero-order chi connectivity index (χ0) is 20.0. The van der Waals surface area contributed by atoms with Crippen LogP contribution in [0.3, 0.4) is 0 Å². The van der Waals surface area contributed by atoms with E-state index in [0.29, 0.717) is 5.91 Å². The molecule has 0 aromatic heterocycles. The number of methoxy groups -OCH3 is 1. The molecule has 5 nitrogen and oxygen atoms in total. The molecule has 2 saturated heterocycles. The summed E-state index contributed by atoms with van der Waals surface area (Å²) in [5, 5.41) is 10.2. The van der Waals surface area contributed by atoms with Crippen molar-refractivity contribution in [2.45, 2.75) is 36.9 Å². The van der Waals surface area contributed by atoms with Gasteiger partial charge in [-0.3, -0.25) is 9.69 Å². The SMILES string of the molecule is COc1cccc(CN2[C@@H](CO)[C@@H](c3ccccc3)C23CN(C(=O)C2CC2)C3)c1. The van der Waals surface area contributed by atoms with Crippen LogP contribution in [0.2, 0.25) is 0 Å². The van der Waals surface area contributed by atoms with E-state index in [1.165, 1.54) is 11.1 Å². The van der Waals surface area contributed by atoms with Crippen LogP contribution < -0.4 is 4.74 Å². The monoisotopic (exact) mass is 392 g/mol. The molecule has 1 saturated carbocycles. The van der Waals surface area contributed by atoms with Crippen LogP contribution in [0.4, 0.5) is 0 Å². The van der Waals surface area contributed by atoms with Crippen molar-refractivity contribution < 1.29 is 14.6 Å². The van der Waals surface area contributed by atoms with Gasteiger partial charge in [0.2, 0.25) is 5.91 Å². The van der Waals surface area contributed by atoms with Crippen LogP contribution in [0.25, 0.3) is 0 Å². The highest BCUT2D eigenvalue weighted by atomic mass is 16.5. The molecule has 3 aliphatic rings. The van der Waals surface area contributed by atoms with Gasteiger partial charge in [0, 0.05) is 37.5 Å². The van der Waals surface area contributed by atoms with Crippen LogP contribution in [-0.2, 0) is 11.3 Å². The Morgan fingerprint density at radius 3 is 2.55 bits per heavy atom. The van der Waals surface area contributed by atoms with Gasteiger partial charge in [-0.2, -0.15) is 0 Å². The highest BCUT2D eigenvalue weighted by Crippen LogP contribution is 2.55. The standard InChI is InChI=1S/C24H28N2O3/c1-29-20-9-5-6-17(12-20)13-26-21(14-27)22(18-7-3-2-4-8-18)24(26)15-25(16-24)23(28)19-10-11-19/h2-9,12,19,21-22,27H,10-11,13-16H2,1H3/t21-,22+/m0/s1. The summed E-state index contributed by atoms with van der Waals surface area (Å²) < 4.78 is 5.38. The van der Waals surface area contributed by atoms with Gasteiger partial charge >= 0.3 is 0 Å². The normalized spacial score (nSPS) is 25.4. The van der Waals surface area contributed by atoms with E-state index in [1.54, 1.807) is 7.11 Å². The Hall–Kier alpha value is -2.37. The summed E-state index contributed by atoms with van der Waals surface area (Å²) in [6, 6.07) is 18.6. The number of nitrogens with zero attached hydrogens (tertiary/aromatic N) is 2. The number of aliphatic hydroxyl groups is 1. The van der Waals surface area contributed by atoms with E-state index in [1.807, 2.05) is 23.1 Å². The van der Waals surface area contributed by atoms with Crippen molar-refractivity contribution in [1.82, 2.24) is 9.80 Å². The summed E-state index contributed by atoms with van der Waals surface area (Å²) >= 11 is 0. The smallest absolute Gasteiger partial charge is 0.225 e. The molecular formula is C24H28N2O3. The highest BCUT2D eigenvalue weighted by molar-refractivity contribution is 5.82. The van der Waals surface area contributed by atoms with Gasteiger partial charge in [0.25, 0.3) is 0 Å². The van der Waals surface area contributed by atoms with E-state index in [0.717, 1.165) is 38.2 Å². The predicted molar refractivity (Wildman–Crippen MR) is 111 cm³/mol. The Morgan fingerprint density at radius 2 is 1.90 bits per heavy atom. The van der Waals surface area contributed by atoms with E-state index in [9.17, 15) is 9.90 Å². The second-order valence-electron chi connectivity index (χ2n) is 8.69. The number of benzene rings is 2. The Balaban J connectivity index is 1.43. The van der Waals surface area contributed by atoms with Crippen LogP contribution in [0.15, 0.2) is 54.6 Å². The average molecular weight is 392 g/mol. The maximum Gasteiger partial charge on any atom is 0.225 e. The molecule has 2 aromatic carbocycles. The fourth-order valence-electron chi connectivity index (χ4n) is 5.34. The zero-order valence-corrected chi connectivity index (χ0v) is 16.8. The lowest BCUT2D eigenvalue weighted by atomic mass is 9.60. The number of rotatable bonds is 6. The molecule has 1 spiro atoms. The lowest BCUT2D eigenvalue weighted by Gasteiger charge is -2.71. The Kier molecular flexibility index (Phi) is 4.60. The number of hydrogen-bond donors (Lipinski definition) is 1. The summed E-state index contributed by atoms with van der Waals surface area (Å²) in [5.41, 5.74) is 2.33. The summed E-state index contributed by atoms with van der Waals surface area (Å²) in [4.78, 5) is 17.0. The number of amides is 1. The largest absolute Gasteiger partial charge is 0.497 e. The van der Waals surface area contributed by atoms with Gasteiger partial charge in [-0.1, -0.05) is 42.5 Å². The van der Waals surface area contributed by atoms with Gasteiger partial charge < -0.3 is 14.7 Å². The molecule has 152 valence electrons. The molecular weight excluding hydrogens is 364 g/mol. The lowest BCUT2D eigenvalue weighted by molar-refractivity contribution is -0.200. The third-order valence-electron chi connectivity index (χ3n) is 6.94. The van der Waals surface area contributed by atoms with Crippen LogP contribution >= 0.6 is 0 Å². The van der Waals surface area contributed by atoms with Gasteiger partial charge in [0.15, 0.2) is 0 Å². The van der Waals surface area contributed by atoms with E-state index < -0.39 is 0 Å². The molecule has 5 heteroatoms. The molecule has 29 heavy (non-hydrogen) atoms. The second kappa shape index (κ2) is 7.15. The van der Waals surface area contributed by atoms with Crippen LogP contribution in [-0.4, -0.2) is 59.2 Å². The van der Waals surface area contributed by atoms with Crippen LogP contribution in [0, 0.1) is 5.92 Å². The molecule has 0 unspecified atom stereocenters. The summed E-state index contributed by atoms with van der Waals surface area (Å²) in [6.45, 7) is 2.36. The van der Waals surface area contributed by atoms with Crippen LogP contribution in [0.1, 0.15) is 29.9 Å². The molecule has 2 aromatic rings. The first-order chi connectivity index (χ1) is 14.2. The van der Waals surface area contributed by atoms with Crippen molar-refractivity contribution in [2.24, 2.45) is 5.92 Å². The van der Waals surface area contributed by atoms with Crippen LogP contribution in [0.5, 0.6) is 5.75 Å². The maximum atomic E-state index is 12.6. The minimum atomic E-state index is -0.0949. The lowest BCUT2D eigenvalue weighted by Crippen LogP contribution is -2.84. The number of hydrogen-bond acceptors (Lipinski definition) is 4. The van der Waals surface area contributed by atoms with Gasteiger partial charge in [-0.25, -0.2) is 0 Å². The van der Waals surface area contributed by atoms with Crippen molar-refractivity contribution in [2.75, 3.05) is 26.8 Å². The maximum absolute atomic E-state index is 12.6. The average Bonchev–Trinajstić information content (AvgIpc) is 3.56. The van der Waals surface area contributed by atoms with Crippen molar-refractivity contribution in [3.8, 4) is 5.75 Å². The molecule has 1 aliphatic carbocycles. The Morgan fingerprint density at radius 1 is 1.14 bits per heavy atom. The van der Waals surface area contributed by atoms with Gasteiger partial charge in [-0.05, 0) is 36.1 Å². The fourth-order valence-corrected chi connectivity index (χ4v) is 5.34. The number of ether oxygens (including phenoxy) is 1. The molecule has 1 N–H and O–H groups in total. The minimum absolute atomic E-state index is 0.0572. The molecule has 2 heterocycles. The molecule has 3 fully saturated rings. The Labute approximate surface area is 171 Å². The number of likely N-dealkylation sites (tertiary alicyclic amines) is 2. The van der Waals surface area contributed by atoms with E-state index in [2.05, 4.69) is 41.3 Å². The Bertz CT molecular complexity index is 890. The summed E-state index contributed by atoms with van der Waals surface area (Å²) in [5.74, 6) is 1.65. The quantitative estimate of drug-likeness (QED) is 0.821. The first-order valence-electron chi connectivity index (χ1n) is 10.5. The fraction of sp³-hybridized carbons (Fsp3) is 0.458. The van der Waals surface area contributed by atoms with Gasteiger partial charge in [-0.15, -0.1) is 0 Å². The topological polar surface area (TPSA) is 53.0 Å². The van der Waals surface area contributed by atoms with Gasteiger partial charge in [0.05, 0.1) is 19.3 Å². The third kappa shape index (κ3) is 3.04. The molecule has 2 aliphatic heterocycles. The second-order valence-corrected chi connectivity index (χ2v) is 8.69. The highest BCUT2D eigenvalue weighted by Gasteiger charge is 2.66. The third-order valence-corrected chi connectivity index (χ3v) is 6.94. The predicted octanol–water partition coefficient (Wildman–Crippen LogP) is 2.65. The van der Waals surface area contributed by atoms with Crippen molar-refractivity contribution in [3.63, 3.8) is 0 Å². The van der Waals surface area contributed by atoms with Crippen molar-refractivity contribution >= 4 is 5.91 Å². The van der Waals surface area contributed by atoms with Crippen molar-refractivity contribution in [1.29, 1.82) is 0 Å². The number of carbonyl (C=O) groups is 1. The van der Waals surface area contributed by atoms with Crippen molar-refractivity contribution in [3.05, 3.63) is 65.7 Å². The minimum Gasteiger partial charge on any atom is -0.497 e. The first-order valence-corrected chi connectivity index (χ1v) is 10.5. The molecule has 0 radical (unpaired) electrons. The molecule has 5 rings (SSSR count). The zero-order valence-electron chi connectivity index (χ0n) is 16.8.